The van der Waals surface area contributed by atoms with Gasteiger partial charge in [-0.05, 0) is 54.3 Å². The van der Waals surface area contributed by atoms with Gasteiger partial charge in [-0.25, -0.2) is 8.42 Å². The number of halogens is 1. The van der Waals surface area contributed by atoms with Crippen LogP contribution in [0, 0.1) is 0 Å². The predicted octanol–water partition coefficient (Wildman–Crippen LogP) is 2.56. The fraction of sp³-hybridized carbons (Fsp3) is 0.458. The molecule has 2 aromatic rings. The summed E-state index contributed by atoms with van der Waals surface area (Å²) in [7, 11) is -2.73. The van der Waals surface area contributed by atoms with Crippen LogP contribution in [0.25, 0.3) is 10.8 Å². The van der Waals surface area contributed by atoms with Crippen LogP contribution < -0.4 is 4.72 Å². The van der Waals surface area contributed by atoms with Crippen LogP contribution in [-0.4, -0.2) is 75.3 Å². The molecule has 0 bridgehead atoms. The third-order valence-corrected chi connectivity index (χ3v) is 7.62. The second-order valence-corrected chi connectivity index (χ2v) is 10.6. The Kier molecular flexibility index (Phi) is 9.09. The van der Waals surface area contributed by atoms with Crippen LogP contribution >= 0.6 is 11.6 Å². The largest absolute Gasteiger partial charge is 0.468 e. The van der Waals surface area contributed by atoms with Crippen LogP contribution in [0.3, 0.4) is 0 Å². The average Bonchev–Trinajstić information content (AvgIpc) is 2.83. The van der Waals surface area contributed by atoms with Gasteiger partial charge >= 0.3 is 5.97 Å². The van der Waals surface area contributed by atoms with Gasteiger partial charge in [0.15, 0.2) is 0 Å². The average molecular weight is 524 g/mol. The van der Waals surface area contributed by atoms with Crippen LogP contribution in [0.4, 0.5) is 0 Å². The van der Waals surface area contributed by atoms with Crippen molar-refractivity contribution < 1.29 is 27.5 Å². The van der Waals surface area contributed by atoms with E-state index in [9.17, 15) is 22.8 Å². The first-order valence-electron chi connectivity index (χ1n) is 11.5. The number of hydrogen-bond donors (Lipinski definition) is 1. The third-order valence-electron chi connectivity index (χ3n) is 5.92. The van der Waals surface area contributed by atoms with E-state index in [4.69, 9.17) is 11.6 Å². The number of piperidine rings is 1. The number of benzene rings is 2. The van der Waals surface area contributed by atoms with Gasteiger partial charge in [0, 0.05) is 18.1 Å². The molecule has 1 aliphatic rings. The van der Waals surface area contributed by atoms with E-state index in [-0.39, 0.29) is 23.9 Å². The first kappa shape index (κ1) is 26.9. The second kappa shape index (κ2) is 11.8. The van der Waals surface area contributed by atoms with Crippen molar-refractivity contribution in [2.45, 2.75) is 43.5 Å². The molecule has 35 heavy (non-hydrogen) atoms. The molecule has 1 atom stereocenters. The maximum Gasteiger partial charge on any atom is 0.325 e. The molecule has 1 fully saturated rings. The summed E-state index contributed by atoms with van der Waals surface area (Å²) in [6.45, 7) is 2.25. The van der Waals surface area contributed by atoms with Gasteiger partial charge in [-0.1, -0.05) is 37.1 Å². The van der Waals surface area contributed by atoms with Gasteiger partial charge in [-0.3, -0.25) is 14.4 Å². The molecule has 1 aliphatic heterocycles. The molecule has 9 nitrogen and oxygen atoms in total. The molecule has 0 aliphatic carbocycles. The van der Waals surface area contributed by atoms with Crippen LogP contribution in [0.1, 0.15) is 32.6 Å². The van der Waals surface area contributed by atoms with Crippen LogP contribution in [0.5, 0.6) is 0 Å². The van der Waals surface area contributed by atoms with Crippen molar-refractivity contribution in [3.05, 3.63) is 41.4 Å². The molecule has 0 spiro atoms. The highest BCUT2D eigenvalue weighted by atomic mass is 35.5. The number of amides is 2. The number of nitrogens with one attached hydrogen (secondary N) is 1. The molecule has 2 aromatic carbocycles. The topological polar surface area (TPSA) is 113 Å². The van der Waals surface area contributed by atoms with Crippen LogP contribution in [0.15, 0.2) is 41.3 Å². The Morgan fingerprint density at radius 2 is 1.91 bits per heavy atom. The molecule has 0 radical (unpaired) electrons. The van der Waals surface area contributed by atoms with Crippen molar-refractivity contribution in [1.29, 1.82) is 0 Å². The van der Waals surface area contributed by atoms with Gasteiger partial charge in [0.2, 0.25) is 21.8 Å². The van der Waals surface area contributed by atoms with E-state index in [0.29, 0.717) is 42.8 Å². The zero-order valence-corrected chi connectivity index (χ0v) is 21.4. The first-order chi connectivity index (χ1) is 16.6. The van der Waals surface area contributed by atoms with Crippen molar-refractivity contribution in [3.8, 4) is 0 Å². The lowest BCUT2D eigenvalue weighted by Gasteiger charge is -2.33. The highest BCUT2D eigenvalue weighted by Gasteiger charge is 2.34. The number of methoxy groups -OCH3 is 1. The fourth-order valence-electron chi connectivity index (χ4n) is 3.95. The van der Waals surface area contributed by atoms with Crippen molar-refractivity contribution >= 4 is 50.2 Å². The van der Waals surface area contributed by atoms with E-state index in [2.05, 4.69) is 9.46 Å². The second-order valence-electron chi connectivity index (χ2n) is 8.47. The van der Waals surface area contributed by atoms with Gasteiger partial charge in [0.05, 0.1) is 18.6 Å². The molecule has 0 saturated carbocycles. The van der Waals surface area contributed by atoms with E-state index < -0.39 is 27.9 Å². The number of hydrogen-bond acceptors (Lipinski definition) is 6. The van der Waals surface area contributed by atoms with Gasteiger partial charge < -0.3 is 14.5 Å². The van der Waals surface area contributed by atoms with E-state index >= 15 is 0 Å². The van der Waals surface area contributed by atoms with E-state index in [1.54, 1.807) is 24.3 Å². The molecule has 0 unspecified atom stereocenters. The van der Waals surface area contributed by atoms with Gasteiger partial charge in [-0.15, -0.1) is 0 Å². The number of sulfonamides is 1. The van der Waals surface area contributed by atoms with Gasteiger partial charge in [0.1, 0.15) is 12.6 Å². The van der Waals surface area contributed by atoms with Crippen LogP contribution in [0.2, 0.25) is 5.02 Å². The summed E-state index contributed by atoms with van der Waals surface area (Å²) in [4.78, 5) is 40.4. The molecule has 0 aromatic heterocycles. The molecule has 2 amide bonds. The van der Waals surface area contributed by atoms with Crippen molar-refractivity contribution in [3.63, 3.8) is 0 Å². The zero-order valence-electron chi connectivity index (χ0n) is 19.8. The minimum atomic E-state index is -3.98. The van der Waals surface area contributed by atoms with Crippen LogP contribution in [-0.2, 0) is 29.1 Å². The Labute approximate surface area is 210 Å². The summed E-state index contributed by atoms with van der Waals surface area (Å²) < 4.78 is 33.2. The summed E-state index contributed by atoms with van der Waals surface area (Å²) in [5.74, 6) is -1.38. The van der Waals surface area contributed by atoms with Crippen molar-refractivity contribution in [2.24, 2.45) is 0 Å². The van der Waals surface area contributed by atoms with E-state index in [1.165, 1.54) is 29.0 Å². The number of rotatable bonds is 10. The molecular formula is C24H30ClN3O6S. The summed E-state index contributed by atoms with van der Waals surface area (Å²) in [6, 6.07) is 8.83. The number of fused-ring (bicyclic) bond motifs is 1. The maximum atomic E-state index is 13.1. The monoisotopic (exact) mass is 523 g/mol. The van der Waals surface area contributed by atoms with Gasteiger partial charge in [-0.2, -0.15) is 4.72 Å². The lowest BCUT2D eigenvalue weighted by atomic mass is 10.1. The molecule has 1 N–H and O–H groups in total. The number of ether oxygens (including phenoxy) is 1. The molecule has 11 heteroatoms. The molecule has 1 saturated heterocycles. The number of carbonyl (C=O) groups is 3. The highest BCUT2D eigenvalue weighted by molar-refractivity contribution is 7.89. The van der Waals surface area contributed by atoms with E-state index in [0.717, 1.165) is 11.8 Å². The Balaban J connectivity index is 1.70. The first-order valence-corrected chi connectivity index (χ1v) is 13.4. The summed E-state index contributed by atoms with van der Waals surface area (Å²) in [6.07, 6.45) is 2.40. The standard InChI is InChI=1S/C24H30ClN3O6S/c1-3-4-11-27(16-23(30)34-2)22(29)15-28-12-5-6-21(24(28)31)26-35(32,33)20-10-8-17-13-19(25)9-7-18(17)14-20/h7-10,13-14,21,26H,3-6,11-12,15-16H2,1-2H3/t21-/m0/s1. The van der Waals surface area contributed by atoms with E-state index in [1.807, 2.05) is 6.92 Å². The lowest BCUT2D eigenvalue weighted by molar-refractivity contribution is -0.149. The number of unbranched alkanes of at least 4 members (excludes halogenated alkanes) is 1. The normalized spacial score (nSPS) is 16.4. The highest BCUT2D eigenvalue weighted by Crippen LogP contribution is 2.23. The van der Waals surface area contributed by atoms with Gasteiger partial charge in [0.25, 0.3) is 0 Å². The molecular weight excluding hydrogens is 494 g/mol. The Morgan fingerprint density at radius 3 is 2.63 bits per heavy atom. The quantitative estimate of drug-likeness (QED) is 0.479. The number of likely N-dealkylation sites (tertiary alicyclic amines) is 1. The predicted molar refractivity (Wildman–Crippen MR) is 132 cm³/mol. The molecule has 1 heterocycles. The minimum Gasteiger partial charge on any atom is -0.468 e. The SMILES string of the molecule is CCCCN(CC(=O)OC)C(=O)CN1CCC[C@H](NS(=O)(=O)c2ccc3cc(Cl)ccc3c2)C1=O. The fourth-order valence-corrected chi connectivity index (χ4v) is 5.39. The maximum absolute atomic E-state index is 13.1. The summed E-state index contributed by atoms with van der Waals surface area (Å²) >= 11 is 6.00. The Bertz CT molecular complexity index is 1200. The minimum absolute atomic E-state index is 0.0390. The molecule has 3 rings (SSSR count). The molecule has 190 valence electrons. The smallest absolute Gasteiger partial charge is 0.325 e. The Morgan fingerprint density at radius 1 is 1.20 bits per heavy atom. The van der Waals surface area contributed by atoms with Crippen molar-refractivity contribution in [1.82, 2.24) is 14.5 Å². The number of esters is 1. The third kappa shape index (κ3) is 6.93. The zero-order chi connectivity index (χ0) is 25.6. The lowest BCUT2D eigenvalue weighted by Crippen LogP contribution is -2.55. The number of nitrogens with zero attached hydrogens (tertiary/aromatic N) is 2. The van der Waals surface area contributed by atoms with Crippen molar-refractivity contribution in [2.75, 3.05) is 33.3 Å². The number of carbonyl (C=O) groups excluding carboxylic acids is 3. The summed E-state index contributed by atoms with van der Waals surface area (Å²) in [5, 5.41) is 2.06. The Hall–Kier alpha value is -2.69. The summed E-state index contributed by atoms with van der Waals surface area (Å²) in [5.41, 5.74) is 0.